The number of esters is 1. The Bertz CT molecular complexity index is 465. The Labute approximate surface area is 139 Å². The highest BCUT2D eigenvalue weighted by molar-refractivity contribution is 5.69. The Morgan fingerprint density at radius 1 is 1.35 bits per heavy atom. The SMILES string of the molecule is CCC(C)OC(=O)CCC(O)C#CC=CC=CC(O)CC1CC1. The molecular formula is C19H28O4. The normalized spacial score (nSPS) is 18.4. The largest absolute Gasteiger partial charge is 0.463 e. The fourth-order valence-corrected chi connectivity index (χ4v) is 1.91. The van der Waals surface area contributed by atoms with Gasteiger partial charge in [-0.2, -0.15) is 0 Å². The van der Waals surface area contributed by atoms with Crippen molar-refractivity contribution in [2.24, 2.45) is 5.92 Å². The van der Waals surface area contributed by atoms with Gasteiger partial charge in [-0.05, 0) is 38.2 Å². The molecular weight excluding hydrogens is 292 g/mol. The highest BCUT2D eigenvalue weighted by Crippen LogP contribution is 2.33. The first-order valence-electron chi connectivity index (χ1n) is 8.41. The number of carbonyl (C=O) groups is 1. The topological polar surface area (TPSA) is 66.8 Å². The molecule has 0 aromatic carbocycles. The van der Waals surface area contributed by atoms with Crippen molar-refractivity contribution in [1.82, 2.24) is 0 Å². The molecule has 1 saturated carbocycles. The van der Waals surface area contributed by atoms with Gasteiger partial charge < -0.3 is 14.9 Å². The van der Waals surface area contributed by atoms with Gasteiger partial charge in [0.2, 0.25) is 0 Å². The smallest absolute Gasteiger partial charge is 0.306 e. The summed E-state index contributed by atoms with van der Waals surface area (Å²) in [5.41, 5.74) is 0. The first kappa shape index (κ1) is 19.5. The van der Waals surface area contributed by atoms with Crippen LogP contribution in [0.1, 0.15) is 52.4 Å². The highest BCUT2D eigenvalue weighted by Gasteiger charge is 2.23. The van der Waals surface area contributed by atoms with E-state index in [9.17, 15) is 15.0 Å². The van der Waals surface area contributed by atoms with E-state index in [2.05, 4.69) is 11.8 Å². The molecule has 3 unspecified atom stereocenters. The molecule has 0 amide bonds. The molecule has 3 atom stereocenters. The fourth-order valence-electron chi connectivity index (χ4n) is 1.91. The van der Waals surface area contributed by atoms with Gasteiger partial charge in [-0.1, -0.05) is 49.8 Å². The highest BCUT2D eigenvalue weighted by atomic mass is 16.5. The molecule has 1 aliphatic carbocycles. The number of ether oxygens (including phenoxy) is 1. The maximum atomic E-state index is 11.4. The lowest BCUT2D eigenvalue weighted by atomic mass is 10.1. The number of carbonyl (C=O) groups excluding carboxylic acids is 1. The minimum absolute atomic E-state index is 0.0873. The Balaban J connectivity index is 2.17. The van der Waals surface area contributed by atoms with Crippen molar-refractivity contribution in [2.45, 2.75) is 70.7 Å². The van der Waals surface area contributed by atoms with Crippen LogP contribution in [0.5, 0.6) is 0 Å². The van der Waals surface area contributed by atoms with Crippen LogP contribution in [0, 0.1) is 17.8 Å². The van der Waals surface area contributed by atoms with Gasteiger partial charge in [0, 0.05) is 6.42 Å². The Morgan fingerprint density at radius 2 is 2.09 bits per heavy atom. The second-order valence-corrected chi connectivity index (χ2v) is 6.04. The maximum absolute atomic E-state index is 11.4. The molecule has 0 saturated heterocycles. The lowest BCUT2D eigenvalue weighted by Crippen LogP contribution is -2.15. The molecule has 0 aromatic heterocycles. The standard InChI is InChI=1S/C19H28O4/c1-3-15(2)23-19(22)13-12-17(20)8-6-4-5-7-9-18(21)14-16-10-11-16/h4-5,7,9,15-18,20-21H,3,10-14H2,1-2H3. The first-order valence-corrected chi connectivity index (χ1v) is 8.41. The molecule has 0 aliphatic heterocycles. The second kappa shape index (κ2) is 11.0. The van der Waals surface area contributed by atoms with Crippen LogP contribution in [-0.2, 0) is 9.53 Å². The summed E-state index contributed by atoms with van der Waals surface area (Å²) in [4.78, 5) is 11.4. The number of aliphatic hydroxyl groups is 2. The molecule has 0 heterocycles. The van der Waals surface area contributed by atoms with Gasteiger partial charge >= 0.3 is 5.97 Å². The van der Waals surface area contributed by atoms with Crippen LogP contribution in [0.3, 0.4) is 0 Å². The van der Waals surface area contributed by atoms with Crippen LogP contribution in [0.15, 0.2) is 24.3 Å². The quantitative estimate of drug-likeness (QED) is 0.389. The fraction of sp³-hybridized carbons (Fsp3) is 0.632. The molecule has 1 aliphatic rings. The van der Waals surface area contributed by atoms with Crippen molar-refractivity contribution in [1.29, 1.82) is 0 Å². The molecule has 1 fully saturated rings. The van der Waals surface area contributed by atoms with Crippen molar-refractivity contribution in [3.8, 4) is 11.8 Å². The number of hydrogen-bond acceptors (Lipinski definition) is 4. The van der Waals surface area contributed by atoms with Gasteiger partial charge in [-0.15, -0.1) is 0 Å². The molecule has 23 heavy (non-hydrogen) atoms. The zero-order valence-corrected chi connectivity index (χ0v) is 14.1. The van der Waals surface area contributed by atoms with Gasteiger partial charge in [0.15, 0.2) is 0 Å². The second-order valence-electron chi connectivity index (χ2n) is 6.04. The van der Waals surface area contributed by atoms with Gasteiger partial charge in [0.25, 0.3) is 0 Å². The summed E-state index contributed by atoms with van der Waals surface area (Å²) in [6.45, 7) is 3.79. The van der Waals surface area contributed by atoms with E-state index in [1.165, 1.54) is 12.8 Å². The number of rotatable bonds is 9. The molecule has 1 rings (SSSR count). The molecule has 4 heteroatoms. The van der Waals surface area contributed by atoms with Crippen LogP contribution < -0.4 is 0 Å². The average Bonchev–Trinajstić information content (AvgIpc) is 3.32. The van der Waals surface area contributed by atoms with E-state index in [0.29, 0.717) is 5.92 Å². The van der Waals surface area contributed by atoms with E-state index in [-0.39, 0.29) is 31.0 Å². The minimum Gasteiger partial charge on any atom is -0.463 e. The van der Waals surface area contributed by atoms with E-state index in [0.717, 1.165) is 12.8 Å². The maximum Gasteiger partial charge on any atom is 0.306 e. The van der Waals surface area contributed by atoms with Crippen molar-refractivity contribution < 1.29 is 19.7 Å². The summed E-state index contributed by atoms with van der Waals surface area (Å²) in [5.74, 6) is 5.76. The van der Waals surface area contributed by atoms with E-state index in [4.69, 9.17) is 4.74 Å². The van der Waals surface area contributed by atoms with Gasteiger partial charge in [0.05, 0.1) is 12.2 Å². The van der Waals surface area contributed by atoms with E-state index in [1.807, 2.05) is 13.8 Å². The lowest BCUT2D eigenvalue weighted by molar-refractivity contribution is -0.148. The van der Waals surface area contributed by atoms with Crippen LogP contribution in [0.25, 0.3) is 0 Å². The molecule has 0 bridgehead atoms. The predicted octanol–water partition coefficient (Wildman–Crippen LogP) is 2.75. The Hall–Kier alpha value is -1.57. The summed E-state index contributed by atoms with van der Waals surface area (Å²) < 4.78 is 5.12. The summed E-state index contributed by atoms with van der Waals surface area (Å²) >= 11 is 0. The van der Waals surface area contributed by atoms with Crippen LogP contribution in [0.2, 0.25) is 0 Å². The van der Waals surface area contributed by atoms with E-state index < -0.39 is 6.10 Å². The predicted molar refractivity (Wildman–Crippen MR) is 90.5 cm³/mol. The first-order chi connectivity index (χ1) is 11.0. The third-order valence-electron chi connectivity index (χ3n) is 3.68. The summed E-state index contributed by atoms with van der Waals surface area (Å²) in [6.07, 6.45) is 10.0. The molecule has 0 aromatic rings. The van der Waals surface area contributed by atoms with Crippen LogP contribution >= 0.6 is 0 Å². The summed E-state index contributed by atoms with van der Waals surface area (Å²) in [7, 11) is 0. The summed E-state index contributed by atoms with van der Waals surface area (Å²) in [6, 6.07) is 0. The zero-order valence-electron chi connectivity index (χ0n) is 14.1. The van der Waals surface area contributed by atoms with E-state index >= 15 is 0 Å². The van der Waals surface area contributed by atoms with Crippen molar-refractivity contribution in [3.63, 3.8) is 0 Å². The van der Waals surface area contributed by atoms with Gasteiger partial charge in [0.1, 0.15) is 6.10 Å². The zero-order chi connectivity index (χ0) is 17.1. The molecule has 4 nitrogen and oxygen atoms in total. The molecule has 2 N–H and O–H groups in total. The molecule has 0 spiro atoms. The van der Waals surface area contributed by atoms with Gasteiger partial charge in [-0.3, -0.25) is 4.79 Å². The third kappa shape index (κ3) is 10.7. The lowest BCUT2D eigenvalue weighted by Gasteiger charge is -2.10. The monoisotopic (exact) mass is 320 g/mol. The molecule has 128 valence electrons. The molecule has 0 radical (unpaired) electrons. The summed E-state index contributed by atoms with van der Waals surface area (Å²) in [5, 5.41) is 19.3. The van der Waals surface area contributed by atoms with Crippen molar-refractivity contribution in [3.05, 3.63) is 24.3 Å². The van der Waals surface area contributed by atoms with Crippen molar-refractivity contribution in [2.75, 3.05) is 0 Å². The Morgan fingerprint density at radius 3 is 2.74 bits per heavy atom. The van der Waals surface area contributed by atoms with Gasteiger partial charge in [-0.25, -0.2) is 0 Å². The minimum atomic E-state index is -0.839. The van der Waals surface area contributed by atoms with Crippen LogP contribution in [-0.4, -0.2) is 34.5 Å². The number of hydrogen-bond donors (Lipinski definition) is 2. The van der Waals surface area contributed by atoms with E-state index in [1.54, 1.807) is 24.3 Å². The average molecular weight is 320 g/mol. The van der Waals surface area contributed by atoms with Crippen molar-refractivity contribution >= 4 is 5.97 Å². The number of allylic oxidation sites excluding steroid dienone is 3. The number of aliphatic hydroxyl groups excluding tert-OH is 2. The van der Waals surface area contributed by atoms with Crippen LogP contribution in [0.4, 0.5) is 0 Å². The Kier molecular flexibility index (Phi) is 9.35. The third-order valence-corrected chi connectivity index (χ3v) is 3.68.